The van der Waals surface area contributed by atoms with Crippen molar-refractivity contribution < 1.29 is 9.53 Å². The second-order valence-corrected chi connectivity index (χ2v) is 9.36. The van der Waals surface area contributed by atoms with Crippen molar-refractivity contribution >= 4 is 28.1 Å². The number of benzene rings is 3. The Bertz CT molecular complexity index is 1360. The Morgan fingerprint density at radius 3 is 2.60 bits per heavy atom. The number of Topliss-reactive ketones (excluding diaryl/α,β-unsaturated/α-hetero) is 1. The third kappa shape index (κ3) is 4.91. The summed E-state index contributed by atoms with van der Waals surface area (Å²) in [6.07, 6.45) is 4.34. The number of likely N-dealkylation sites (N-methyl/N-ethyl adjacent to an activating group) is 1. The van der Waals surface area contributed by atoms with E-state index in [9.17, 15) is 4.79 Å². The van der Waals surface area contributed by atoms with Crippen LogP contribution in [0.1, 0.15) is 40.2 Å². The number of nitrogens with zero attached hydrogens (tertiary/aromatic N) is 2. The zero-order valence-electron chi connectivity index (χ0n) is 20.3. The van der Waals surface area contributed by atoms with E-state index in [-0.39, 0.29) is 12.2 Å². The van der Waals surface area contributed by atoms with Crippen LogP contribution < -0.4 is 10.6 Å². The normalized spacial score (nSPS) is 13.2. The molecule has 5 heteroatoms. The summed E-state index contributed by atoms with van der Waals surface area (Å²) in [7, 11) is 3.82. The molecule has 0 spiro atoms. The van der Waals surface area contributed by atoms with Crippen LogP contribution in [-0.4, -0.2) is 38.1 Å². The molecule has 35 heavy (non-hydrogen) atoms. The minimum atomic E-state index is 0.0190. The molecule has 1 aliphatic carbocycles. The number of nitrogen functional groups attached to an aromatic ring is 1. The first-order valence-electron chi connectivity index (χ1n) is 12.1. The minimum absolute atomic E-state index is 0.0190. The number of ketones is 1. The van der Waals surface area contributed by atoms with Gasteiger partial charge in [-0.15, -0.1) is 0 Å². The van der Waals surface area contributed by atoms with E-state index in [1.165, 1.54) is 24.1 Å². The van der Waals surface area contributed by atoms with Crippen molar-refractivity contribution in [2.24, 2.45) is 0 Å². The number of anilines is 2. The van der Waals surface area contributed by atoms with E-state index < -0.39 is 0 Å². The van der Waals surface area contributed by atoms with Crippen LogP contribution in [0.15, 0.2) is 72.9 Å². The van der Waals surface area contributed by atoms with E-state index >= 15 is 0 Å². The smallest absolute Gasteiger partial charge is 0.168 e. The predicted molar refractivity (Wildman–Crippen MR) is 143 cm³/mol. The van der Waals surface area contributed by atoms with E-state index in [1.807, 2.05) is 42.5 Å². The van der Waals surface area contributed by atoms with Gasteiger partial charge in [-0.3, -0.25) is 9.78 Å². The number of carbonyl (C=O) groups excluding carboxylic acids is 1. The molecule has 1 saturated carbocycles. The molecule has 0 amide bonds. The lowest BCUT2D eigenvalue weighted by Crippen LogP contribution is -2.23. The molecule has 1 aliphatic rings. The molecule has 0 radical (unpaired) electrons. The molecule has 5 rings (SSSR count). The number of aromatic nitrogens is 1. The Hall–Kier alpha value is -3.70. The van der Waals surface area contributed by atoms with Crippen LogP contribution in [0.2, 0.25) is 0 Å². The Kier molecular flexibility index (Phi) is 6.51. The molecule has 0 unspecified atom stereocenters. The van der Waals surface area contributed by atoms with Crippen LogP contribution in [0.3, 0.4) is 0 Å². The second kappa shape index (κ2) is 9.88. The number of carbonyl (C=O) groups is 1. The van der Waals surface area contributed by atoms with Crippen molar-refractivity contribution in [3.05, 3.63) is 89.6 Å². The van der Waals surface area contributed by atoms with Crippen LogP contribution >= 0.6 is 0 Å². The zero-order valence-corrected chi connectivity index (χ0v) is 20.3. The molecule has 5 nitrogen and oxygen atoms in total. The summed E-state index contributed by atoms with van der Waals surface area (Å²) in [4.78, 5) is 20.3. The average Bonchev–Trinajstić information content (AvgIpc) is 3.73. The predicted octanol–water partition coefficient (Wildman–Crippen LogP) is 5.87. The highest BCUT2D eigenvalue weighted by Gasteiger charge is 2.30. The third-order valence-electron chi connectivity index (χ3n) is 6.82. The van der Waals surface area contributed by atoms with Gasteiger partial charge < -0.3 is 15.4 Å². The maximum absolute atomic E-state index is 13.3. The Morgan fingerprint density at radius 2 is 1.86 bits per heavy atom. The zero-order chi connectivity index (χ0) is 24.4. The lowest BCUT2D eigenvalue weighted by atomic mass is 9.96. The number of methoxy groups -OCH3 is 1. The molecule has 1 heterocycles. The number of fused-ring (bicyclic) bond motifs is 1. The van der Waals surface area contributed by atoms with Crippen molar-refractivity contribution in [1.29, 1.82) is 0 Å². The molecule has 1 fully saturated rings. The first-order chi connectivity index (χ1) is 17.0. The van der Waals surface area contributed by atoms with Crippen molar-refractivity contribution in [1.82, 2.24) is 4.98 Å². The summed E-state index contributed by atoms with van der Waals surface area (Å²) >= 11 is 0. The molecular formula is C30H31N3O2. The van der Waals surface area contributed by atoms with Crippen molar-refractivity contribution in [3.8, 4) is 11.1 Å². The molecule has 0 atom stereocenters. The van der Waals surface area contributed by atoms with E-state index in [4.69, 9.17) is 15.5 Å². The largest absolute Gasteiger partial charge is 0.398 e. The van der Waals surface area contributed by atoms with Gasteiger partial charge in [-0.2, -0.15) is 0 Å². The van der Waals surface area contributed by atoms with Gasteiger partial charge in [0.25, 0.3) is 0 Å². The van der Waals surface area contributed by atoms with Gasteiger partial charge in [0.1, 0.15) is 0 Å². The first kappa shape index (κ1) is 23.1. The van der Waals surface area contributed by atoms with Gasteiger partial charge in [-0.1, -0.05) is 42.5 Å². The highest BCUT2D eigenvalue weighted by molar-refractivity contribution is 6.01. The lowest BCUT2D eigenvalue weighted by Gasteiger charge is -2.23. The number of nitrogens with two attached hydrogens (primary N) is 1. The van der Waals surface area contributed by atoms with Crippen molar-refractivity contribution in [2.75, 3.05) is 37.9 Å². The van der Waals surface area contributed by atoms with Gasteiger partial charge in [0.15, 0.2) is 5.78 Å². The van der Waals surface area contributed by atoms with Crippen molar-refractivity contribution in [3.63, 3.8) is 0 Å². The second-order valence-electron chi connectivity index (χ2n) is 9.36. The lowest BCUT2D eigenvalue weighted by molar-refractivity contribution is 0.0993. The summed E-state index contributed by atoms with van der Waals surface area (Å²) in [5.41, 5.74) is 14.0. The molecule has 0 bridgehead atoms. The maximum Gasteiger partial charge on any atom is 0.168 e. The number of ether oxygens (including phenoxy) is 1. The Balaban J connectivity index is 1.43. The Labute approximate surface area is 206 Å². The molecule has 2 N–H and O–H groups in total. The van der Waals surface area contributed by atoms with Gasteiger partial charge in [0.05, 0.1) is 12.1 Å². The number of rotatable bonds is 9. The fourth-order valence-electron chi connectivity index (χ4n) is 4.67. The van der Waals surface area contributed by atoms with Gasteiger partial charge >= 0.3 is 0 Å². The molecule has 0 saturated heterocycles. The molecular weight excluding hydrogens is 434 g/mol. The number of hydrogen-bond donors (Lipinski definition) is 1. The van der Waals surface area contributed by atoms with E-state index in [2.05, 4.69) is 36.2 Å². The van der Waals surface area contributed by atoms with Crippen LogP contribution in [0.25, 0.3) is 22.0 Å². The fourth-order valence-corrected chi connectivity index (χ4v) is 4.67. The SMILES string of the molecule is COCCN(C)c1ccc2cc(C(=O)Cc3cc(-c4ccccc4)ccc3N)cnc2c1C1CC1. The van der Waals surface area contributed by atoms with Gasteiger partial charge in [0, 0.05) is 61.2 Å². The van der Waals surface area contributed by atoms with Crippen LogP contribution in [0.4, 0.5) is 11.4 Å². The van der Waals surface area contributed by atoms with Crippen LogP contribution in [-0.2, 0) is 11.2 Å². The monoisotopic (exact) mass is 465 g/mol. The van der Waals surface area contributed by atoms with Gasteiger partial charge in [-0.05, 0) is 59.7 Å². The maximum atomic E-state index is 13.3. The molecule has 178 valence electrons. The molecule has 0 aliphatic heterocycles. The summed E-state index contributed by atoms with van der Waals surface area (Å²) in [5, 5.41) is 1.01. The van der Waals surface area contributed by atoms with Crippen molar-refractivity contribution in [2.45, 2.75) is 25.2 Å². The summed E-state index contributed by atoms with van der Waals surface area (Å²) in [6.45, 7) is 1.50. The highest BCUT2D eigenvalue weighted by atomic mass is 16.5. The quantitative estimate of drug-likeness (QED) is 0.247. The summed E-state index contributed by atoms with van der Waals surface area (Å²) in [6, 6.07) is 22.2. The van der Waals surface area contributed by atoms with E-state index in [0.717, 1.165) is 34.1 Å². The topological polar surface area (TPSA) is 68.5 Å². The standard InChI is InChI=1S/C30H31N3O2/c1-33(14-15-35-2)27-13-11-23-17-25(19-32-30(23)29(27)21-8-9-21)28(34)18-24-16-22(10-12-26(24)31)20-6-4-3-5-7-20/h3-7,10-13,16-17,19,21H,8-9,14-15,18,31H2,1-2H3. The molecule has 3 aromatic carbocycles. The van der Waals surface area contributed by atoms with Crippen LogP contribution in [0, 0.1) is 0 Å². The van der Waals surface area contributed by atoms with E-state index in [0.29, 0.717) is 23.8 Å². The average molecular weight is 466 g/mol. The molecule has 1 aromatic heterocycles. The van der Waals surface area contributed by atoms with Crippen LogP contribution in [0.5, 0.6) is 0 Å². The Morgan fingerprint density at radius 1 is 1.06 bits per heavy atom. The number of hydrogen-bond acceptors (Lipinski definition) is 5. The number of pyridine rings is 1. The summed E-state index contributed by atoms with van der Waals surface area (Å²) < 4.78 is 5.27. The highest BCUT2D eigenvalue weighted by Crippen LogP contribution is 2.47. The molecule has 4 aromatic rings. The minimum Gasteiger partial charge on any atom is -0.398 e. The van der Waals surface area contributed by atoms with Gasteiger partial charge in [0.2, 0.25) is 0 Å². The third-order valence-corrected chi connectivity index (χ3v) is 6.82. The van der Waals surface area contributed by atoms with Gasteiger partial charge in [-0.25, -0.2) is 0 Å². The van der Waals surface area contributed by atoms with E-state index in [1.54, 1.807) is 13.3 Å². The fraction of sp³-hybridized carbons (Fsp3) is 0.267. The first-order valence-corrected chi connectivity index (χ1v) is 12.1. The summed E-state index contributed by atoms with van der Waals surface area (Å²) in [5.74, 6) is 0.554.